The van der Waals surface area contributed by atoms with Crippen molar-refractivity contribution in [1.29, 1.82) is 0 Å². The molecule has 0 bridgehead atoms. The van der Waals surface area contributed by atoms with Gasteiger partial charge in [0.1, 0.15) is 0 Å². The van der Waals surface area contributed by atoms with Gasteiger partial charge in [0.25, 0.3) is 0 Å². The van der Waals surface area contributed by atoms with Crippen LogP contribution < -0.4 is 5.32 Å². The zero-order valence-corrected chi connectivity index (χ0v) is 19.0. The third-order valence-electron chi connectivity index (χ3n) is 6.52. The van der Waals surface area contributed by atoms with Crippen LogP contribution in [0.4, 0.5) is 0 Å². The van der Waals surface area contributed by atoms with Crippen molar-refractivity contribution >= 4 is 5.91 Å². The molecule has 1 aliphatic rings. The second kappa shape index (κ2) is 10.2. The first-order chi connectivity index (χ1) is 14.4. The largest absolute Gasteiger partial charge is 0.342 e. The van der Waals surface area contributed by atoms with Crippen LogP contribution in [0.2, 0.25) is 0 Å². The van der Waals surface area contributed by atoms with Crippen LogP contribution in [0.5, 0.6) is 0 Å². The molecule has 1 aliphatic heterocycles. The molecule has 2 aromatic rings. The van der Waals surface area contributed by atoms with Crippen molar-refractivity contribution in [3.05, 3.63) is 71.8 Å². The Morgan fingerprint density at radius 3 is 2.10 bits per heavy atom. The average molecular weight is 408 g/mol. The van der Waals surface area contributed by atoms with Gasteiger partial charge in [-0.2, -0.15) is 0 Å². The molecule has 3 rings (SSSR count). The van der Waals surface area contributed by atoms with Crippen LogP contribution in [0.1, 0.15) is 37.8 Å². The number of hydrogen-bond acceptors (Lipinski definition) is 3. The van der Waals surface area contributed by atoms with Gasteiger partial charge in [-0.25, -0.2) is 0 Å². The summed E-state index contributed by atoms with van der Waals surface area (Å²) >= 11 is 0. The third kappa shape index (κ3) is 5.30. The highest BCUT2D eigenvalue weighted by molar-refractivity contribution is 5.79. The molecule has 0 aliphatic carbocycles. The van der Waals surface area contributed by atoms with Crippen LogP contribution >= 0.6 is 0 Å². The molecule has 1 unspecified atom stereocenters. The molecule has 1 fully saturated rings. The van der Waals surface area contributed by atoms with E-state index in [9.17, 15) is 4.79 Å². The van der Waals surface area contributed by atoms with Gasteiger partial charge in [-0.3, -0.25) is 9.69 Å². The van der Waals surface area contributed by atoms with Crippen LogP contribution in [0.3, 0.4) is 0 Å². The topological polar surface area (TPSA) is 35.6 Å². The highest BCUT2D eigenvalue weighted by atomic mass is 16.2. The molecule has 0 aromatic heterocycles. The zero-order valence-electron chi connectivity index (χ0n) is 19.0. The lowest BCUT2D eigenvalue weighted by molar-refractivity contribution is -0.138. The Morgan fingerprint density at radius 2 is 1.57 bits per heavy atom. The minimum atomic E-state index is -0.0293. The molecule has 1 N–H and O–H groups in total. The van der Waals surface area contributed by atoms with E-state index < -0.39 is 0 Å². The summed E-state index contributed by atoms with van der Waals surface area (Å²) < 4.78 is 0. The molecule has 4 heteroatoms. The number of carbonyl (C=O) groups excluding carboxylic acids is 1. The molecule has 1 atom stereocenters. The molecule has 30 heavy (non-hydrogen) atoms. The number of nitrogens with zero attached hydrogens (tertiary/aromatic N) is 2. The Hall–Kier alpha value is -2.17. The number of benzene rings is 2. The van der Waals surface area contributed by atoms with E-state index in [1.165, 1.54) is 11.1 Å². The van der Waals surface area contributed by atoms with Crippen molar-refractivity contribution in [2.24, 2.45) is 5.92 Å². The van der Waals surface area contributed by atoms with Crippen LogP contribution in [-0.4, -0.2) is 55.5 Å². The maximum atomic E-state index is 13.5. The van der Waals surface area contributed by atoms with Crippen molar-refractivity contribution in [1.82, 2.24) is 15.1 Å². The Bertz CT molecular complexity index is 780. The normalized spacial score (nSPS) is 17.3. The summed E-state index contributed by atoms with van der Waals surface area (Å²) in [7, 11) is 4.32. The lowest BCUT2D eigenvalue weighted by Crippen LogP contribution is -2.53. The first kappa shape index (κ1) is 22.5. The van der Waals surface area contributed by atoms with E-state index in [0.717, 1.165) is 38.9 Å². The van der Waals surface area contributed by atoms with E-state index >= 15 is 0 Å². The van der Waals surface area contributed by atoms with Crippen molar-refractivity contribution < 1.29 is 4.79 Å². The van der Waals surface area contributed by atoms with Gasteiger partial charge in [0.2, 0.25) is 5.91 Å². The van der Waals surface area contributed by atoms with Crippen molar-refractivity contribution in [3.8, 4) is 0 Å². The highest BCUT2D eigenvalue weighted by Gasteiger charge is 2.40. The second-order valence-electron chi connectivity index (χ2n) is 9.07. The van der Waals surface area contributed by atoms with E-state index in [1.807, 2.05) is 6.07 Å². The fourth-order valence-corrected chi connectivity index (χ4v) is 4.62. The molecule has 0 saturated carbocycles. The van der Waals surface area contributed by atoms with Crippen molar-refractivity contribution in [2.45, 2.75) is 44.7 Å². The average Bonchev–Trinajstić information content (AvgIpc) is 2.77. The molecular weight excluding hydrogens is 370 g/mol. The lowest BCUT2D eigenvalue weighted by atomic mass is 9.79. The summed E-state index contributed by atoms with van der Waals surface area (Å²) in [6, 6.07) is 21.5. The first-order valence-corrected chi connectivity index (χ1v) is 11.2. The van der Waals surface area contributed by atoms with Crippen LogP contribution in [0, 0.1) is 5.92 Å². The second-order valence-corrected chi connectivity index (χ2v) is 9.07. The van der Waals surface area contributed by atoms with Crippen LogP contribution in [0.25, 0.3) is 0 Å². The monoisotopic (exact) mass is 407 g/mol. The van der Waals surface area contributed by atoms with Gasteiger partial charge < -0.3 is 10.2 Å². The maximum absolute atomic E-state index is 13.5. The smallest absolute Gasteiger partial charge is 0.227 e. The van der Waals surface area contributed by atoms with Crippen LogP contribution in [-0.2, 0) is 16.8 Å². The van der Waals surface area contributed by atoms with Gasteiger partial charge in [0.05, 0.1) is 5.92 Å². The Kier molecular flexibility index (Phi) is 7.68. The van der Waals surface area contributed by atoms with Gasteiger partial charge >= 0.3 is 0 Å². The minimum Gasteiger partial charge on any atom is -0.342 e. The van der Waals surface area contributed by atoms with Crippen LogP contribution in [0.15, 0.2) is 60.7 Å². The number of nitrogens with one attached hydrogen (secondary N) is 1. The quantitative estimate of drug-likeness (QED) is 0.720. The summed E-state index contributed by atoms with van der Waals surface area (Å²) in [5.74, 6) is 0.255. The number of carbonyl (C=O) groups is 1. The fourth-order valence-electron chi connectivity index (χ4n) is 4.62. The minimum absolute atomic E-state index is 0.00312. The molecule has 1 heterocycles. The number of hydrogen-bond donors (Lipinski definition) is 1. The Labute approximate surface area is 182 Å². The first-order valence-electron chi connectivity index (χ1n) is 11.2. The maximum Gasteiger partial charge on any atom is 0.227 e. The van der Waals surface area contributed by atoms with E-state index in [0.29, 0.717) is 6.04 Å². The summed E-state index contributed by atoms with van der Waals surface area (Å²) in [4.78, 5) is 17.9. The summed E-state index contributed by atoms with van der Waals surface area (Å²) in [5, 5.41) is 3.49. The molecule has 4 nitrogen and oxygen atoms in total. The molecule has 0 radical (unpaired) electrons. The van der Waals surface area contributed by atoms with E-state index in [-0.39, 0.29) is 17.4 Å². The fraction of sp³-hybridized carbons (Fsp3) is 0.500. The highest BCUT2D eigenvalue weighted by Crippen LogP contribution is 2.37. The number of piperidine rings is 1. The Morgan fingerprint density at radius 1 is 1.00 bits per heavy atom. The van der Waals surface area contributed by atoms with Gasteiger partial charge in [0, 0.05) is 31.2 Å². The number of amides is 1. The molecular formula is C26H37N3O. The van der Waals surface area contributed by atoms with E-state index in [1.54, 1.807) is 0 Å². The van der Waals surface area contributed by atoms with Gasteiger partial charge in [0.15, 0.2) is 0 Å². The summed E-state index contributed by atoms with van der Waals surface area (Å²) in [6.45, 7) is 6.60. The molecule has 2 aromatic carbocycles. The zero-order chi connectivity index (χ0) is 21.6. The van der Waals surface area contributed by atoms with Gasteiger partial charge in [-0.15, -0.1) is 0 Å². The SMILES string of the molecule is CC(C)NCC(Cc1ccccc1)C(=O)N1CCC(c2ccccc2)(N(C)C)CC1. The lowest BCUT2D eigenvalue weighted by Gasteiger charge is -2.47. The standard InChI is InChI=1S/C26H37N3O/c1-21(2)27-20-23(19-22-11-7-5-8-12-22)25(30)29-17-15-26(16-18-29,28(3)4)24-13-9-6-10-14-24/h5-14,21,23,27H,15-20H2,1-4H3. The predicted octanol–water partition coefficient (Wildman–Crippen LogP) is 3.92. The van der Waals surface area contributed by atoms with E-state index in [4.69, 9.17) is 0 Å². The molecule has 1 saturated heterocycles. The summed E-state index contributed by atoms with van der Waals surface area (Å²) in [6.07, 6.45) is 2.71. The van der Waals surface area contributed by atoms with Gasteiger partial charge in [-0.05, 0) is 44.5 Å². The third-order valence-corrected chi connectivity index (χ3v) is 6.52. The van der Waals surface area contributed by atoms with E-state index in [2.05, 4.69) is 97.7 Å². The molecule has 0 spiro atoms. The van der Waals surface area contributed by atoms with Gasteiger partial charge in [-0.1, -0.05) is 74.5 Å². The summed E-state index contributed by atoms with van der Waals surface area (Å²) in [5.41, 5.74) is 2.58. The molecule has 1 amide bonds. The number of likely N-dealkylation sites (tertiary alicyclic amines) is 1. The Balaban J connectivity index is 1.71. The number of rotatable bonds is 8. The van der Waals surface area contributed by atoms with Crippen molar-refractivity contribution in [3.63, 3.8) is 0 Å². The predicted molar refractivity (Wildman–Crippen MR) is 124 cm³/mol. The van der Waals surface area contributed by atoms with Crippen molar-refractivity contribution in [2.75, 3.05) is 33.7 Å². The molecule has 162 valence electrons.